The Balaban J connectivity index is 2.26. The van der Waals surface area contributed by atoms with Crippen LogP contribution >= 0.6 is 0 Å². The Hall–Kier alpha value is -1.24. The molecule has 0 spiro atoms. The molecule has 0 bridgehead atoms. The number of ether oxygens (including phenoxy) is 4. The molecule has 0 aliphatic carbocycles. The van der Waals surface area contributed by atoms with Crippen molar-refractivity contribution in [3.63, 3.8) is 0 Å². The Bertz CT molecular complexity index is 392. The number of rotatable bonds is 5. The van der Waals surface area contributed by atoms with E-state index in [0.717, 1.165) is 5.56 Å². The fourth-order valence-electron chi connectivity index (χ4n) is 1.78. The molecule has 2 rings (SSSR count). The predicted octanol–water partition coefficient (Wildman–Crippen LogP) is 2.48. The highest BCUT2D eigenvalue weighted by Gasteiger charge is 2.24. The summed E-state index contributed by atoms with van der Waals surface area (Å²) in [7, 11) is 1.56. The van der Waals surface area contributed by atoms with Gasteiger partial charge in [0, 0.05) is 7.11 Å². The number of hydrogen-bond acceptors (Lipinski definition) is 4. The normalized spacial score (nSPS) is 16.4. The number of alkyl halides is 2. The fraction of sp³-hybridized carbons (Fsp3) is 0.500. The highest BCUT2D eigenvalue weighted by molar-refractivity contribution is 5.38. The molecule has 1 heterocycles. The maximum Gasteiger partial charge on any atom is 0.387 e. The molecule has 18 heavy (non-hydrogen) atoms. The molecule has 0 unspecified atom stereocenters. The van der Waals surface area contributed by atoms with Crippen molar-refractivity contribution in [2.45, 2.75) is 19.5 Å². The lowest BCUT2D eigenvalue weighted by molar-refractivity contribution is -0.0660. The first-order valence-corrected chi connectivity index (χ1v) is 5.50. The molecule has 1 saturated heterocycles. The van der Waals surface area contributed by atoms with Gasteiger partial charge in [-0.2, -0.15) is 8.78 Å². The van der Waals surface area contributed by atoms with Gasteiger partial charge in [-0.25, -0.2) is 0 Å². The van der Waals surface area contributed by atoms with Crippen LogP contribution < -0.4 is 4.74 Å². The first-order chi connectivity index (χ1) is 8.70. The molecule has 0 N–H and O–H groups in total. The van der Waals surface area contributed by atoms with E-state index >= 15 is 0 Å². The molecule has 1 aliphatic rings. The van der Waals surface area contributed by atoms with Crippen LogP contribution in [0.5, 0.6) is 5.75 Å². The summed E-state index contributed by atoms with van der Waals surface area (Å²) >= 11 is 0. The summed E-state index contributed by atoms with van der Waals surface area (Å²) in [5.74, 6) is 0.0664. The van der Waals surface area contributed by atoms with Gasteiger partial charge in [-0.3, -0.25) is 0 Å². The Morgan fingerprint density at radius 1 is 1.33 bits per heavy atom. The molecule has 0 amide bonds. The highest BCUT2D eigenvalue weighted by atomic mass is 19.3. The van der Waals surface area contributed by atoms with Crippen LogP contribution in [0.15, 0.2) is 18.2 Å². The van der Waals surface area contributed by atoms with E-state index in [-0.39, 0.29) is 5.75 Å². The molecule has 0 aromatic heterocycles. The van der Waals surface area contributed by atoms with Gasteiger partial charge >= 0.3 is 6.61 Å². The third-order valence-corrected chi connectivity index (χ3v) is 2.48. The molecule has 0 saturated carbocycles. The lowest BCUT2D eigenvalue weighted by Gasteiger charge is -2.16. The van der Waals surface area contributed by atoms with Crippen molar-refractivity contribution in [3.05, 3.63) is 29.3 Å². The smallest absolute Gasteiger partial charge is 0.387 e. The lowest BCUT2D eigenvalue weighted by atomic mass is 10.1. The van der Waals surface area contributed by atoms with E-state index < -0.39 is 12.9 Å². The van der Waals surface area contributed by atoms with Crippen molar-refractivity contribution in [1.82, 2.24) is 0 Å². The van der Waals surface area contributed by atoms with Gasteiger partial charge in [-0.15, -0.1) is 0 Å². The molecule has 0 atom stereocenters. The molecule has 1 fully saturated rings. The lowest BCUT2D eigenvalue weighted by Crippen LogP contribution is -2.08. The largest absolute Gasteiger partial charge is 0.434 e. The van der Waals surface area contributed by atoms with Gasteiger partial charge in [0.2, 0.25) is 0 Å². The maximum absolute atomic E-state index is 12.3. The first-order valence-electron chi connectivity index (χ1n) is 5.50. The quantitative estimate of drug-likeness (QED) is 0.815. The summed E-state index contributed by atoms with van der Waals surface area (Å²) in [5, 5.41) is 0. The number of hydrogen-bond donors (Lipinski definition) is 0. The van der Waals surface area contributed by atoms with Gasteiger partial charge in [0.15, 0.2) is 6.29 Å². The van der Waals surface area contributed by atoms with Gasteiger partial charge in [0.05, 0.1) is 25.4 Å². The minimum Gasteiger partial charge on any atom is -0.434 e. The number of benzene rings is 1. The van der Waals surface area contributed by atoms with Gasteiger partial charge < -0.3 is 18.9 Å². The van der Waals surface area contributed by atoms with Crippen molar-refractivity contribution < 1.29 is 27.7 Å². The molecule has 1 aromatic rings. The summed E-state index contributed by atoms with van der Waals surface area (Å²) in [6.45, 7) is -1.62. The Morgan fingerprint density at radius 2 is 2.06 bits per heavy atom. The summed E-state index contributed by atoms with van der Waals surface area (Å²) in [6, 6.07) is 4.83. The van der Waals surface area contributed by atoms with Crippen LogP contribution in [0, 0.1) is 0 Å². The zero-order valence-electron chi connectivity index (χ0n) is 9.90. The molecule has 1 aromatic carbocycles. The molecule has 1 aliphatic heterocycles. The summed E-state index contributed by atoms with van der Waals surface area (Å²) in [5.41, 5.74) is 1.30. The van der Waals surface area contributed by atoms with Crippen LogP contribution in [-0.4, -0.2) is 26.9 Å². The SMILES string of the molecule is COCc1ccc(OC(F)F)c(C2OCCO2)c1. The molecular weight excluding hydrogens is 246 g/mol. The maximum atomic E-state index is 12.3. The van der Waals surface area contributed by atoms with E-state index in [9.17, 15) is 8.78 Å². The molecule has 100 valence electrons. The standard InChI is InChI=1S/C12H14F2O4/c1-15-7-8-2-3-10(18-12(13)14)9(6-8)11-16-4-5-17-11/h2-3,6,11-12H,4-5,7H2,1H3. The van der Waals surface area contributed by atoms with Gasteiger partial charge in [0.1, 0.15) is 5.75 Å². The van der Waals surface area contributed by atoms with Crippen molar-refractivity contribution in [3.8, 4) is 5.75 Å². The number of methoxy groups -OCH3 is 1. The second-order valence-electron chi connectivity index (χ2n) is 3.76. The third kappa shape index (κ3) is 3.16. The van der Waals surface area contributed by atoms with E-state index in [1.807, 2.05) is 0 Å². The van der Waals surface area contributed by atoms with Crippen LogP contribution in [0.4, 0.5) is 8.78 Å². The average Bonchev–Trinajstić information content (AvgIpc) is 2.84. The summed E-state index contributed by atoms with van der Waals surface area (Å²) in [6.07, 6.45) is -0.657. The van der Waals surface area contributed by atoms with E-state index in [4.69, 9.17) is 14.2 Å². The van der Waals surface area contributed by atoms with Crippen molar-refractivity contribution >= 4 is 0 Å². The van der Waals surface area contributed by atoms with Crippen LogP contribution in [0.3, 0.4) is 0 Å². The van der Waals surface area contributed by atoms with Crippen LogP contribution in [0.1, 0.15) is 17.4 Å². The van der Waals surface area contributed by atoms with E-state index in [2.05, 4.69) is 4.74 Å². The zero-order valence-corrected chi connectivity index (χ0v) is 9.90. The second kappa shape index (κ2) is 6.08. The van der Waals surface area contributed by atoms with Crippen molar-refractivity contribution in [2.24, 2.45) is 0 Å². The molecular formula is C12H14F2O4. The topological polar surface area (TPSA) is 36.9 Å². The zero-order chi connectivity index (χ0) is 13.0. The third-order valence-electron chi connectivity index (χ3n) is 2.48. The van der Waals surface area contributed by atoms with Crippen molar-refractivity contribution in [1.29, 1.82) is 0 Å². The van der Waals surface area contributed by atoms with Crippen molar-refractivity contribution in [2.75, 3.05) is 20.3 Å². The fourth-order valence-corrected chi connectivity index (χ4v) is 1.78. The highest BCUT2D eigenvalue weighted by Crippen LogP contribution is 2.33. The molecule has 0 radical (unpaired) electrons. The minimum atomic E-state index is -2.88. The van der Waals surface area contributed by atoms with E-state index in [1.165, 1.54) is 6.07 Å². The molecule has 4 nitrogen and oxygen atoms in total. The minimum absolute atomic E-state index is 0.0664. The first kappa shape index (κ1) is 13.2. The van der Waals surface area contributed by atoms with E-state index in [0.29, 0.717) is 25.4 Å². The monoisotopic (exact) mass is 260 g/mol. The van der Waals surface area contributed by atoms with Crippen LogP contribution in [-0.2, 0) is 20.8 Å². The second-order valence-corrected chi connectivity index (χ2v) is 3.76. The summed E-state index contributed by atoms with van der Waals surface area (Å²) < 4.78 is 44.7. The van der Waals surface area contributed by atoms with Gasteiger partial charge in [0.25, 0.3) is 0 Å². The van der Waals surface area contributed by atoms with Gasteiger partial charge in [-0.1, -0.05) is 6.07 Å². The van der Waals surface area contributed by atoms with Gasteiger partial charge in [-0.05, 0) is 17.7 Å². The predicted molar refractivity (Wildman–Crippen MR) is 58.4 cm³/mol. The van der Waals surface area contributed by atoms with E-state index in [1.54, 1.807) is 19.2 Å². The molecule has 6 heteroatoms. The van der Waals surface area contributed by atoms with Crippen LogP contribution in [0.25, 0.3) is 0 Å². The number of halogens is 2. The Kier molecular flexibility index (Phi) is 4.46. The average molecular weight is 260 g/mol. The Morgan fingerprint density at radius 3 is 2.67 bits per heavy atom. The van der Waals surface area contributed by atoms with Crippen LogP contribution in [0.2, 0.25) is 0 Å². The Labute approximate surface area is 103 Å². The summed E-state index contributed by atoms with van der Waals surface area (Å²) in [4.78, 5) is 0.